The fourth-order valence-corrected chi connectivity index (χ4v) is 4.30. The molecule has 0 radical (unpaired) electrons. The summed E-state index contributed by atoms with van der Waals surface area (Å²) in [5, 5.41) is 0.706. The number of fused-ring (bicyclic) bond motifs is 1. The second-order valence-electron chi connectivity index (χ2n) is 7.31. The number of thiazole rings is 1. The minimum atomic E-state index is -0.0334. The lowest BCUT2D eigenvalue weighted by molar-refractivity contribution is 0.0985. The number of rotatable bonds is 9. The molecular weight excluding hydrogens is 432 g/mol. The number of ether oxygens (including phenoxy) is 1. The van der Waals surface area contributed by atoms with Gasteiger partial charge in [0.25, 0.3) is 5.91 Å². The van der Waals surface area contributed by atoms with Gasteiger partial charge in [0, 0.05) is 37.4 Å². The molecule has 0 saturated carbocycles. The fourth-order valence-electron chi connectivity index (χ4n) is 3.28. The van der Waals surface area contributed by atoms with Gasteiger partial charge in [-0.2, -0.15) is 0 Å². The molecule has 168 valence electrons. The van der Waals surface area contributed by atoms with E-state index in [-0.39, 0.29) is 18.3 Å². The molecule has 1 heterocycles. The van der Waals surface area contributed by atoms with Crippen LogP contribution in [0.1, 0.15) is 24.2 Å². The second-order valence-corrected chi connectivity index (χ2v) is 8.32. The summed E-state index contributed by atoms with van der Waals surface area (Å²) < 4.78 is 6.33. The highest BCUT2D eigenvalue weighted by molar-refractivity contribution is 7.22. The maximum absolute atomic E-state index is 13.4. The van der Waals surface area contributed by atoms with Gasteiger partial charge in [0.1, 0.15) is 5.75 Å². The maximum atomic E-state index is 13.4. The van der Waals surface area contributed by atoms with Crippen LogP contribution in [0.4, 0.5) is 10.8 Å². The number of carbonyl (C=O) groups excluding carboxylic acids is 1. The van der Waals surface area contributed by atoms with E-state index in [0.717, 1.165) is 41.3 Å². The summed E-state index contributed by atoms with van der Waals surface area (Å²) in [7, 11) is 5.66. The van der Waals surface area contributed by atoms with Gasteiger partial charge >= 0.3 is 0 Å². The predicted octanol–water partition coefficient (Wildman–Crippen LogP) is 4.78. The van der Waals surface area contributed by atoms with Crippen molar-refractivity contribution in [1.82, 2.24) is 9.88 Å². The number of likely N-dealkylation sites (N-methyl/N-ethyl adjacent to an activating group) is 1. The molecule has 1 amide bonds. The van der Waals surface area contributed by atoms with Crippen LogP contribution in [-0.2, 0) is 0 Å². The van der Waals surface area contributed by atoms with Crippen LogP contribution in [0.5, 0.6) is 5.75 Å². The zero-order chi connectivity index (χ0) is 21.7. The largest absolute Gasteiger partial charge is 0.497 e. The fraction of sp³-hybridized carbons (Fsp3) is 0.391. The maximum Gasteiger partial charge on any atom is 0.260 e. The number of hydrogen-bond donors (Lipinski definition) is 0. The Kier molecular flexibility index (Phi) is 9.10. The molecule has 3 aromatic rings. The Balaban J connectivity index is 0.00000341. The molecule has 8 heteroatoms. The van der Waals surface area contributed by atoms with Gasteiger partial charge in [0.05, 0.1) is 17.3 Å². The molecule has 0 fully saturated rings. The van der Waals surface area contributed by atoms with Gasteiger partial charge in [-0.15, -0.1) is 12.4 Å². The topological polar surface area (TPSA) is 48.9 Å². The average Bonchev–Trinajstić information content (AvgIpc) is 3.17. The number of hydrogen-bond acceptors (Lipinski definition) is 6. The van der Waals surface area contributed by atoms with Gasteiger partial charge in [0.15, 0.2) is 5.13 Å². The lowest BCUT2D eigenvalue weighted by Gasteiger charge is -2.23. The van der Waals surface area contributed by atoms with Crippen LogP contribution in [0.15, 0.2) is 42.5 Å². The number of halogens is 1. The van der Waals surface area contributed by atoms with Crippen LogP contribution in [0.25, 0.3) is 10.2 Å². The molecule has 6 nitrogen and oxygen atoms in total. The Morgan fingerprint density at radius 3 is 2.29 bits per heavy atom. The van der Waals surface area contributed by atoms with E-state index >= 15 is 0 Å². The summed E-state index contributed by atoms with van der Waals surface area (Å²) in [6, 6.07) is 13.7. The summed E-state index contributed by atoms with van der Waals surface area (Å²) >= 11 is 1.51. The first-order valence-electron chi connectivity index (χ1n) is 10.2. The molecule has 0 saturated heterocycles. The van der Waals surface area contributed by atoms with Crippen molar-refractivity contribution in [2.75, 3.05) is 57.2 Å². The van der Waals surface area contributed by atoms with Crippen LogP contribution >= 0.6 is 23.7 Å². The van der Waals surface area contributed by atoms with Crippen molar-refractivity contribution >= 4 is 50.7 Å². The minimum Gasteiger partial charge on any atom is -0.497 e. The number of benzene rings is 2. The second kappa shape index (κ2) is 11.3. The third kappa shape index (κ3) is 5.87. The standard InChI is InChI=1S/C23H30N4O2S.ClH/c1-6-26(7-2)18-10-8-17(9-11-18)22(28)27(15-14-25(3)4)23-24-20-13-12-19(29-5)16-21(20)30-23;/h8-13,16H,6-7,14-15H2,1-5H3;1H. The molecule has 3 rings (SSSR count). The highest BCUT2D eigenvalue weighted by atomic mass is 35.5. The molecule has 0 aliphatic carbocycles. The number of methoxy groups -OCH3 is 1. The summed E-state index contributed by atoms with van der Waals surface area (Å²) in [6.45, 7) is 7.46. The molecule has 0 atom stereocenters. The Labute approximate surface area is 194 Å². The Hall–Kier alpha value is -2.35. The number of amides is 1. The van der Waals surface area contributed by atoms with Crippen LogP contribution in [0, 0.1) is 0 Å². The van der Waals surface area contributed by atoms with Crippen LogP contribution in [0.3, 0.4) is 0 Å². The van der Waals surface area contributed by atoms with Crippen molar-refractivity contribution in [2.24, 2.45) is 0 Å². The zero-order valence-electron chi connectivity index (χ0n) is 18.8. The van der Waals surface area contributed by atoms with Crippen LogP contribution in [-0.4, -0.2) is 63.2 Å². The summed E-state index contributed by atoms with van der Waals surface area (Å²) in [6.07, 6.45) is 0. The first-order valence-corrected chi connectivity index (χ1v) is 11.0. The SMILES string of the molecule is CCN(CC)c1ccc(C(=O)N(CCN(C)C)c2nc3ccc(OC)cc3s2)cc1.Cl. The van der Waals surface area contributed by atoms with Gasteiger partial charge < -0.3 is 14.5 Å². The molecular formula is C23H31ClN4O2S. The van der Waals surface area contributed by atoms with Crippen molar-refractivity contribution in [3.63, 3.8) is 0 Å². The molecule has 0 N–H and O–H groups in total. The van der Waals surface area contributed by atoms with E-state index in [1.165, 1.54) is 11.3 Å². The quantitative estimate of drug-likeness (QED) is 0.458. The monoisotopic (exact) mass is 462 g/mol. The molecule has 0 bridgehead atoms. The lowest BCUT2D eigenvalue weighted by atomic mass is 10.1. The van der Waals surface area contributed by atoms with E-state index < -0.39 is 0 Å². The van der Waals surface area contributed by atoms with Crippen LogP contribution < -0.4 is 14.5 Å². The molecule has 2 aromatic carbocycles. The summed E-state index contributed by atoms with van der Waals surface area (Å²) in [5.41, 5.74) is 2.67. The summed E-state index contributed by atoms with van der Waals surface area (Å²) in [4.78, 5) is 24.3. The van der Waals surface area contributed by atoms with E-state index in [4.69, 9.17) is 9.72 Å². The van der Waals surface area contributed by atoms with E-state index in [1.807, 2.05) is 56.6 Å². The van der Waals surface area contributed by atoms with E-state index in [0.29, 0.717) is 17.2 Å². The van der Waals surface area contributed by atoms with Crippen molar-refractivity contribution in [3.8, 4) is 5.75 Å². The van der Waals surface area contributed by atoms with Gasteiger partial charge in [-0.1, -0.05) is 11.3 Å². The average molecular weight is 463 g/mol. The Morgan fingerprint density at radius 2 is 1.71 bits per heavy atom. The van der Waals surface area contributed by atoms with Gasteiger partial charge in [0.2, 0.25) is 0 Å². The number of aromatic nitrogens is 1. The highest BCUT2D eigenvalue weighted by Gasteiger charge is 2.22. The Bertz CT molecular complexity index is 987. The van der Waals surface area contributed by atoms with Crippen molar-refractivity contribution < 1.29 is 9.53 Å². The number of anilines is 2. The minimum absolute atomic E-state index is 0. The Morgan fingerprint density at radius 1 is 1.03 bits per heavy atom. The van der Waals surface area contributed by atoms with Crippen molar-refractivity contribution in [3.05, 3.63) is 48.0 Å². The molecule has 0 aliphatic heterocycles. The molecule has 0 unspecified atom stereocenters. The van der Waals surface area contributed by atoms with E-state index in [2.05, 4.69) is 23.6 Å². The molecule has 31 heavy (non-hydrogen) atoms. The lowest BCUT2D eigenvalue weighted by Crippen LogP contribution is -2.36. The third-order valence-electron chi connectivity index (χ3n) is 5.07. The first kappa shape index (κ1) is 24.9. The van der Waals surface area contributed by atoms with Crippen molar-refractivity contribution in [1.29, 1.82) is 0 Å². The predicted molar refractivity (Wildman–Crippen MR) is 134 cm³/mol. The smallest absolute Gasteiger partial charge is 0.260 e. The number of nitrogens with zero attached hydrogens (tertiary/aromatic N) is 4. The molecule has 0 aliphatic rings. The first-order chi connectivity index (χ1) is 14.5. The van der Waals surface area contributed by atoms with E-state index in [9.17, 15) is 4.79 Å². The normalized spacial score (nSPS) is 10.8. The van der Waals surface area contributed by atoms with Gasteiger partial charge in [-0.25, -0.2) is 4.98 Å². The number of carbonyl (C=O) groups is 1. The van der Waals surface area contributed by atoms with Gasteiger partial charge in [-0.3, -0.25) is 9.69 Å². The van der Waals surface area contributed by atoms with Crippen LogP contribution in [0.2, 0.25) is 0 Å². The molecule has 1 aromatic heterocycles. The molecule has 0 spiro atoms. The summed E-state index contributed by atoms with van der Waals surface area (Å²) in [5.74, 6) is 0.754. The third-order valence-corrected chi connectivity index (χ3v) is 6.12. The van der Waals surface area contributed by atoms with Gasteiger partial charge in [-0.05, 0) is 70.4 Å². The zero-order valence-corrected chi connectivity index (χ0v) is 20.4. The van der Waals surface area contributed by atoms with Crippen molar-refractivity contribution in [2.45, 2.75) is 13.8 Å². The highest BCUT2D eigenvalue weighted by Crippen LogP contribution is 2.32. The van der Waals surface area contributed by atoms with E-state index in [1.54, 1.807) is 12.0 Å².